The number of hydrogen-bond donors (Lipinski definition) is 1. The van der Waals surface area contributed by atoms with Gasteiger partial charge in [0.25, 0.3) is 0 Å². The molecule has 0 aromatic rings. The van der Waals surface area contributed by atoms with Crippen LogP contribution >= 0.6 is 0 Å². The van der Waals surface area contributed by atoms with Crippen LogP contribution < -0.4 is 5.73 Å². The fraction of sp³-hybridized carbons (Fsp3) is 0.273. The molecule has 2 rings (SSSR count). The molecule has 68 valence electrons. The molecule has 0 saturated carbocycles. The van der Waals surface area contributed by atoms with E-state index in [4.69, 9.17) is 10.2 Å². The molecule has 1 aliphatic carbocycles. The Labute approximate surface area is 77.7 Å². The van der Waals surface area contributed by atoms with Crippen LogP contribution in [0.25, 0.3) is 11.1 Å². The van der Waals surface area contributed by atoms with Crippen molar-refractivity contribution in [2.24, 2.45) is 5.73 Å². The summed E-state index contributed by atoms with van der Waals surface area (Å²) in [5.41, 5.74) is 8.13. The molecule has 0 aromatic heterocycles. The second-order valence-corrected chi connectivity index (χ2v) is 3.42. The van der Waals surface area contributed by atoms with Gasteiger partial charge in [0.05, 0.1) is 6.26 Å². The maximum Gasteiger partial charge on any atom is 0.112 e. The molecule has 13 heavy (non-hydrogen) atoms. The summed E-state index contributed by atoms with van der Waals surface area (Å²) < 4.78 is 5.43. The molecule has 0 radical (unpaired) electrons. The predicted octanol–water partition coefficient (Wildman–Crippen LogP) is 2.27. The molecule has 1 heterocycles. The summed E-state index contributed by atoms with van der Waals surface area (Å²) in [6.07, 6.45) is 2.52. The van der Waals surface area contributed by atoms with E-state index in [1.165, 1.54) is 11.1 Å². The molecule has 1 aliphatic heterocycles. The topological polar surface area (TPSA) is 39.2 Å². The standard InChI is InChI=1S/C11H13NO/c1-8(12)7-11-10-4-2-3-9(10)5-6-13-11/h2-6,8H,7,12H2,1H3. The Morgan fingerprint density at radius 2 is 2.23 bits per heavy atom. The van der Waals surface area contributed by atoms with E-state index in [1.807, 2.05) is 19.1 Å². The first-order valence-corrected chi connectivity index (χ1v) is 4.48. The summed E-state index contributed by atoms with van der Waals surface area (Å²) in [5, 5.41) is 0. The molecule has 2 heteroatoms. The minimum absolute atomic E-state index is 0.143. The second kappa shape index (κ2) is 3.23. The Morgan fingerprint density at radius 1 is 1.38 bits per heavy atom. The Morgan fingerprint density at radius 3 is 3.00 bits per heavy atom. The van der Waals surface area contributed by atoms with Crippen molar-refractivity contribution in [1.29, 1.82) is 0 Å². The van der Waals surface area contributed by atoms with E-state index in [0.29, 0.717) is 0 Å². The Hall–Kier alpha value is -1.28. The van der Waals surface area contributed by atoms with Crippen molar-refractivity contribution in [2.75, 3.05) is 0 Å². The molecule has 0 fully saturated rings. The van der Waals surface area contributed by atoms with Gasteiger partial charge in [-0.2, -0.15) is 0 Å². The summed E-state index contributed by atoms with van der Waals surface area (Å²) in [6, 6.07) is 8.29. The fourth-order valence-corrected chi connectivity index (χ4v) is 1.54. The van der Waals surface area contributed by atoms with E-state index in [1.54, 1.807) is 6.26 Å². The lowest BCUT2D eigenvalue weighted by molar-refractivity contribution is 0.478. The van der Waals surface area contributed by atoms with E-state index < -0.39 is 0 Å². The minimum Gasteiger partial charge on any atom is -0.469 e. The largest absolute Gasteiger partial charge is 0.469 e. The molecule has 2 nitrogen and oxygen atoms in total. The van der Waals surface area contributed by atoms with Crippen LogP contribution in [0.5, 0.6) is 0 Å². The Balaban J connectivity index is 2.40. The smallest absolute Gasteiger partial charge is 0.112 e. The molecule has 2 N–H and O–H groups in total. The molecule has 2 aliphatic rings. The zero-order valence-corrected chi connectivity index (χ0v) is 7.66. The first kappa shape index (κ1) is 8.32. The zero-order chi connectivity index (χ0) is 9.26. The lowest BCUT2D eigenvalue weighted by Gasteiger charge is -2.08. The van der Waals surface area contributed by atoms with Crippen molar-refractivity contribution in [2.45, 2.75) is 19.4 Å². The molecule has 0 amide bonds. The van der Waals surface area contributed by atoms with Gasteiger partial charge < -0.3 is 10.2 Å². The van der Waals surface area contributed by atoms with Gasteiger partial charge in [-0.3, -0.25) is 0 Å². The van der Waals surface area contributed by atoms with Gasteiger partial charge in [-0.1, -0.05) is 18.2 Å². The zero-order valence-electron chi connectivity index (χ0n) is 7.66. The highest BCUT2D eigenvalue weighted by atomic mass is 16.3. The third kappa shape index (κ3) is 1.58. The normalized spacial score (nSPS) is 13.4. The van der Waals surface area contributed by atoms with Crippen LogP contribution in [0.15, 0.2) is 34.9 Å². The molecular weight excluding hydrogens is 162 g/mol. The van der Waals surface area contributed by atoms with Crippen LogP contribution in [-0.4, -0.2) is 6.04 Å². The van der Waals surface area contributed by atoms with Crippen LogP contribution in [0.3, 0.4) is 0 Å². The number of fused-ring (bicyclic) bond motifs is 1. The number of hydrogen-bond acceptors (Lipinski definition) is 2. The Kier molecular flexibility index (Phi) is 2.07. The highest BCUT2D eigenvalue weighted by molar-refractivity contribution is 5.67. The van der Waals surface area contributed by atoms with Crippen molar-refractivity contribution in [3.05, 3.63) is 36.3 Å². The summed E-state index contributed by atoms with van der Waals surface area (Å²) in [7, 11) is 0. The highest BCUT2D eigenvalue weighted by Gasteiger charge is 2.10. The molecule has 0 aromatic carbocycles. The van der Waals surface area contributed by atoms with E-state index in [-0.39, 0.29) is 6.04 Å². The molecular formula is C11H13NO. The van der Waals surface area contributed by atoms with E-state index in [2.05, 4.69) is 12.1 Å². The molecule has 0 saturated heterocycles. The van der Waals surface area contributed by atoms with Crippen LogP contribution in [-0.2, 0) is 6.42 Å². The lowest BCUT2D eigenvalue weighted by Crippen LogP contribution is -2.18. The molecule has 1 unspecified atom stereocenters. The first-order chi connectivity index (χ1) is 6.27. The highest BCUT2D eigenvalue weighted by Crippen LogP contribution is 2.27. The van der Waals surface area contributed by atoms with Gasteiger partial charge in [-0.25, -0.2) is 0 Å². The maximum absolute atomic E-state index is 5.72. The summed E-state index contributed by atoms with van der Waals surface area (Å²) in [5.74, 6) is 0.984. The Bertz CT molecular complexity index is 364. The summed E-state index contributed by atoms with van der Waals surface area (Å²) in [4.78, 5) is 0. The van der Waals surface area contributed by atoms with Gasteiger partial charge in [-0.15, -0.1) is 0 Å². The van der Waals surface area contributed by atoms with Gasteiger partial charge >= 0.3 is 0 Å². The van der Waals surface area contributed by atoms with Crippen molar-refractivity contribution >= 4 is 0 Å². The van der Waals surface area contributed by atoms with Crippen LogP contribution in [0.2, 0.25) is 0 Å². The fourth-order valence-electron chi connectivity index (χ4n) is 1.54. The quantitative estimate of drug-likeness (QED) is 0.760. The van der Waals surface area contributed by atoms with Gasteiger partial charge in [-0.05, 0) is 18.6 Å². The van der Waals surface area contributed by atoms with Crippen molar-refractivity contribution in [1.82, 2.24) is 0 Å². The SMILES string of the molecule is CC(N)Cc1occc2cccc1-2. The number of nitrogens with two attached hydrogens (primary N) is 1. The number of rotatable bonds is 2. The van der Waals surface area contributed by atoms with Crippen LogP contribution in [0.4, 0.5) is 0 Å². The van der Waals surface area contributed by atoms with E-state index >= 15 is 0 Å². The lowest BCUT2D eigenvalue weighted by atomic mass is 10.1. The van der Waals surface area contributed by atoms with Crippen LogP contribution in [0.1, 0.15) is 12.7 Å². The van der Waals surface area contributed by atoms with Crippen LogP contribution in [0, 0.1) is 0 Å². The third-order valence-corrected chi connectivity index (χ3v) is 2.12. The van der Waals surface area contributed by atoms with E-state index in [0.717, 1.165) is 12.2 Å². The van der Waals surface area contributed by atoms with Gasteiger partial charge in [0, 0.05) is 18.0 Å². The maximum atomic E-state index is 5.72. The minimum atomic E-state index is 0.143. The van der Waals surface area contributed by atoms with Crippen molar-refractivity contribution < 1.29 is 4.42 Å². The predicted molar refractivity (Wildman–Crippen MR) is 52.7 cm³/mol. The average Bonchev–Trinajstić information content (AvgIpc) is 2.51. The molecule has 1 atom stereocenters. The van der Waals surface area contributed by atoms with Gasteiger partial charge in [0.1, 0.15) is 5.76 Å². The molecule has 0 bridgehead atoms. The monoisotopic (exact) mass is 175 g/mol. The second-order valence-electron chi connectivity index (χ2n) is 3.42. The van der Waals surface area contributed by atoms with Crippen molar-refractivity contribution in [3.63, 3.8) is 0 Å². The van der Waals surface area contributed by atoms with Gasteiger partial charge in [0.15, 0.2) is 0 Å². The van der Waals surface area contributed by atoms with Crippen molar-refractivity contribution in [3.8, 4) is 11.1 Å². The summed E-state index contributed by atoms with van der Waals surface area (Å²) in [6.45, 7) is 1.98. The molecule has 0 spiro atoms. The van der Waals surface area contributed by atoms with Gasteiger partial charge in [0.2, 0.25) is 0 Å². The summed E-state index contributed by atoms with van der Waals surface area (Å²) >= 11 is 0. The van der Waals surface area contributed by atoms with E-state index in [9.17, 15) is 0 Å². The average molecular weight is 175 g/mol. The first-order valence-electron chi connectivity index (χ1n) is 4.48. The third-order valence-electron chi connectivity index (χ3n) is 2.12.